The standard InChI is InChI=1S/C18H22ClN5O2S/c1-13(17(25)23(2)10-4-9-20)27-18-22-21-16(24(18)11-12-26-3)14-5-7-15(19)8-6-14/h5-8,13H,4,10-12H2,1-3H3/t13-/m0/s1. The molecular weight excluding hydrogens is 386 g/mol. The average molecular weight is 408 g/mol. The summed E-state index contributed by atoms with van der Waals surface area (Å²) in [6.07, 6.45) is 0.310. The van der Waals surface area contributed by atoms with Gasteiger partial charge in [0.25, 0.3) is 0 Å². The summed E-state index contributed by atoms with van der Waals surface area (Å²) in [7, 11) is 3.33. The summed E-state index contributed by atoms with van der Waals surface area (Å²) in [6.45, 7) is 3.30. The zero-order valence-corrected chi connectivity index (χ0v) is 17.1. The van der Waals surface area contributed by atoms with Crippen molar-refractivity contribution >= 4 is 29.3 Å². The number of amides is 1. The number of rotatable bonds is 9. The molecule has 9 heteroatoms. The Bertz CT molecular complexity index is 803. The van der Waals surface area contributed by atoms with Crippen LogP contribution in [0.25, 0.3) is 11.4 Å². The Kier molecular flexibility index (Phi) is 8.10. The van der Waals surface area contributed by atoms with E-state index in [1.54, 1.807) is 31.2 Å². The molecule has 0 aliphatic rings. The topological polar surface area (TPSA) is 84.0 Å². The van der Waals surface area contributed by atoms with E-state index in [9.17, 15) is 4.79 Å². The first-order valence-electron chi connectivity index (χ1n) is 8.44. The van der Waals surface area contributed by atoms with Gasteiger partial charge >= 0.3 is 0 Å². The molecule has 0 unspecified atom stereocenters. The monoisotopic (exact) mass is 407 g/mol. The van der Waals surface area contributed by atoms with Crippen molar-refractivity contribution in [2.75, 3.05) is 27.3 Å². The highest BCUT2D eigenvalue weighted by Gasteiger charge is 2.23. The molecule has 0 aliphatic carbocycles. The Balaban J connectivity index is 2.22. The number of nitriles is 1. The second-order valence-electron chi connectivity index (χ2n) is 5.89. The SMILES string of the molecule is COCCn1c(S[C@@H](C)C(=O)N(C)CCC#N)nnc1-c1ccc(Cl)cc1. The van der Waals surface area contributed by atoms with E-state index >= 15 is 0 Å². The lowest BCUT2D eigenvalue weighted by Crippen LogP contribution is -2.34. The van der Waals surface area contributed by atoms with Gasteiger partial charge in [0.2, 0.25) is 5.91 Å². The highest BCUT2D eigenvalue weighted by molar-refractivity contribution is 8.00. The Morgan fingerprint density at radius 3 is 2.74 bits per heavy atom. The molecule has 0 spiro atoms. The number of halogens is 1. The fourth-order valence-corrected chi connectivity index (χ4v) is 3.54. The van der Waals surface area contributed by atoms with Gasteiger partial charge in [-0.25, -0.2) is 0 Å². The number of benzene rings is 1. The quantitative estimate of drug-likeness (QED) is 0.594. The Hall–Kier alpha value is -2.08. The van der Waals surface area contributed by atoms with Crippen LogP contribution >= 0.6 is 23.4 Å². The van der Waals surface area contributed by atoms with Crippen LogP contribution in [0.1, 0.15) is 13.3 Å². The van der Waals surface area contributed by atoms with Crippen LogP contribution in [0.4, 0.5) is 0 Å². The molecule has 1 aromatic heterocycles. The van der Waals surface area contributed by atoms with Crippen LogP contribution in [0, 0.1) is 11.3 Å². The van der Waals surface area contributed by atoms with Crippen LogP contribution in [-0.4, -0.2) is 58.1 Å². The Morgan fingerprint density at radius 2 is 2.11 bits per heavy atom. The highest BCUT2D eigenvalue weighted by Crippen LogP contribution is 2.28. The normalized spacial score (nSPS) is 11.8. The van der Waals surface area contributed by atoms with Crippen LogP contribution < -0.4 is 0 Å². The third kappa shape index (κ3) is 5.70. The van der Waals surface area contributed by atoms with E-state index in [0.29, 0.717) is 42.1 Å². The summed E-state index contributed by atoms with van der Waals surface area (Å²) in [5.74, 6) is 0.647. The summed E-state index contributed by atoms with van der Waals surface area (Å²) in [5.41, 5.74) is 0.889. The van der Waals surface area contributed by atoms with Gasteiger partial charge in [-0.15, -0.1) is 10.2 Å². The molecule has 144 valence electrons. The molecular formula is C18H22ClN5O2S. The van der Waals surface area contributed by atoms with Crippen molar-refractivity contribution in [2.45, 2.75) is 30.3 Å². The van der Waals surface area contributed by atoms with Gasteiger partial charge in [-0.2, -0.15) is 5.26 Å². The molecule has 0 radical (unpaired) electrons. The van der Waals surface area contributed by atoms with Gasteiger partial charge in [-0.3, -0.25) is 9.36 Å². The van der Waals surface area contributed by atoms with Gasteiger partial charge in [-0.1, -0.05) is 23.4 Å². The molecule has 1 amide bonds. The molecule has 0 N–H and O–H groups in total. The number of hydrogen-bond acceptors (Lipinski definition) is 6. The van der Waals surface area contributed by atoms with Crippen molar-refractivity contribution in [2.24, 2.45) is 0 Å². The van der Waals surface area contributed by atoms with E-state index in [0.717, 1.165) is 5.56 Å². The van der Waals surface area contributed by atoms with Gasteiger partial charge in [0.05, 0.1) is 30.9 Å². The van der Waals surface area contributed by atoms with Gasteiger partial charge < -0.3 is 9.64 Å². The molecule has 2 rings (SSSR count). The van der Waals surface area contributed by atoms with Crippen LogP contribution in [0.15, 0.2) is 29.4 Å². The largest absolute Gasteiger partial charge is 0.383 e. The molecule has 7 nitrogen and oxygen atoms in total. The molecule has 2 aromatic rings. The lowest BCUT2D eigenvalue weighted by atomic mass is 10.2. The lowest BCUT2D eigenvalue weighted by molar-refractivity contribution is -0.128. The minimum absolute atomic E-state index is 0.0513. The Labute approximate surface area is 168 Å². The fourth-order valence-electron chi connectivity index (χ4n) is 2.42. The van der Waals surface area contributed by atoms with Gasteiger partial charge in [-0.05, 0) is 31.2 Å². The molecule has 0 saturated carbocycles. The maximum Gasteiger partial charge on any atom is 0.235 e. The number of ether oxygens (including phenoxy) is 1. The summed E-state index contributed by atoms with van der Waals surface area (Å²) < 4.78 is 7.14. The van der Waals surface area contributed by atoms with Gasteiger partial charge in [0.15, 0.2) is 11.0 Å². The van der Waals surface area contributed by atoms with Crippen molar-refractivity contribution in [3.8, 4) is 17.5 Å². The van der Waals surface area contributed by atoms with E-state index < -0.39 is 0 Å². The zero-order chi connectivity index (χ0) is 19.8. The van der Waals surface area contributed by atoms with Crippen molar-refractivity contribution in [1.82, 2.24) is 19.7 Å². The number of carbonyl (C=O) groups excluding carboxylic acids is 1. The molecule has 0 aliphatic heterocycles. The van der Waals surface area contributed by atoms with Crippen molar-refractivity contribution in [1.29, 1.82) is 5.26 Å². The van der Waals surface area contributed by atoms with Crippen molar-refractivity contribution in [3.63, 3.8) is 0 Å². The summed E-state index contributed by atoms with van der Waals surface area (Å²) >= 11 is 7.31. The fraction of sp³-hybridized carbons (Fsp3) is 0.444. The number of methoxy groups -OCH3 is 1. The van der Waals surface area contributed by atoms with Crippen molar-refractivity contribution < 1.29 is 9.53 Å². The first-order chi connectivity index (χ1) is 13.0. The minimum atomic E-state index is -0.350. The second-order valence-corrected chi connectivity index (χ2v) is 7.63. The van der Waals surface area contributed by atoms with Crippen LogP contribution in [-0.2, 0) is 16.1 Å². The third-order valence-corrected chi connectivity index (χ3v) is 5.22. The number of carbonyl (C=O) groups is 1. The number of aromatic nitrogens is 3. The zero-order valence-electron chi connectivity index (χ0n) is 15.6. The van der Waals surface area contributed by atoms with Crippen LogP contribution in [0.5, 0.6) is 0 Å². The molecule has 1 aromatic carbocycles. The number of nitrogens with zero attached hydrogens (tertiary/aromatic N) is 5. The lowest BCUT2D eigenvalue weighted by Gasteiger charge is -2.20. The number of thioether (sulfide) groups is 1. The first-order valence-corrected chi connectivity index (χ1v) is 9.70. The predicted octanol–water partition coefficient (Wildman–Crippen LogP) is 3.10. The average Bonchev–Trinajstić information content (AvgIpc) is 3.06. The van der Waals surface area contributed by atoms with E-state index in [4.69, 9.17) is 21.6 Å². The maximum atomic E-state index is 12.5. The van der Waals surface area contributed by atoms with Crippen LogP contribution in [0.2, 0.25) is 5.02 Å². The molecule has 0 fully saturated rings. The Morgan fingerprint density at radius 1 is 1.41 bits per heavy atom. The smallest absolute Gasteiger partial charge is 0.235 e. The molecule has 0 saturated heterocycles. The van der Waals surface area contributed by atoms with E-state index in [1.807, 2.05) is 29.7 Å². The second kappa shape index (κ2) is 10.3. The summed E-state index contributed by atoms with van der Waals surface area (Å²) in [4.78, 5) is 14.1. The molecule has 27 heavy (non-hydrogen) atoms. The first kappa shape index (κ1) is 21.2. The molecule has 1 heterocycles. The highest BCUT2D eigenvalue weighted by atomic mass is 35.5. The molecule has 1 atom stereocenters. The number of hydrogen-bond donors (Lipinski definition) is 0. The molecule has 0 bridgehead atoms. The van der Waals surface area contributed by atoms with Gasteiger partial charge in [0, 0.05) is 31.3 Å². The van der Waals surface area contributed by atoms with Crippen molar-refractivity contribution in [3.05, 3.63) is 29.3 Å². The van der Waals surface area contributed by atoms with Crippen LogP contribution in [0.3, 0.4) is 0 Å². The minimum Gasteiger partial charge on any atom is -0.383 e. The predicted molar refractivity (Wildman–Crippen MR) is 106 cm³/mol. The third-order valence-electron chi connectivity index (χ3n) is 3.90. The summed E-state index contributed by atoms with van der Waals surface area (Å²) in [5, 5.41) is 18.2. The van der Waals surface area contributed by atoms with Gasteiger partial charge in [0.1, 0.15) is 0 Å². The van der Waals surface area contributed by atoms with E-state index in [2.05, 4.69) is 10.2 Å². The summed E-state index contributed by atoms with van der Waals surface area (Å²) in [6, 6.07) is 9.42. The maximum absolute atomic E-state index is 12.5. The van der Waals surface area contributed by atoms with E-state index in [-0.39, 0.29) is 11.2 Å². The van der Waals surface area contributed by atoms with E-state index in [1.165, 1.54) is 11.8 Å².